The van der Waals surface area contributed by atoms with Crippen LogP contribution in [0.15, 0.2) is 42.5 Å². The van der Waals surface area contributed by atoms with Crippen molar-refractivity contribution in [2.75, 3.05) is 0 Å². The number of ether oxygens (including phenoxy) is 1. The van der Waals surface area contributed by atoms with Crippen LogP contribution in [0.25, 0.3) is 0 Å². The largest absolute Gasteiger partial charge is 0.456 e. The van der Waals surface area contributed by atoms with Crippen molar-refractivity contribution in [2.24, 2.45) is 5.73 Å². The maximum atomic E-state index is 6.01. The van der Waals surface area contributed by atoms with E-state index in [0.29, 0.717) is 0 Å². The third-order valence-corrected chi connectivity index (χ3v) is 3.76. The van der Waals surface area contributed by atoms with Crippen LogP contribution in [0.5, 0.6) is 11.5 Å². The number of para-hydroxylation sites is 1. The predicted molar refractivity (Wildman–Crippen MR) is 87.8 cm³/mol. The van der Waals surface area contributed by atoms with Crippen LogP contribution in [0.1, 0.15) is 18.1 Å². The van der Waals surface area contributed by atoms with Crippen molar-refractivity contribution in [3.8, 4) is 11.5 Å². The molecule has 1 unspecified atom stereocenters. The average molecular weight is 367 g/mol. The SMILES string of the molecule is Cc1ccc(CC(C)N)cc1Oc1ccccc1I. The van der Waals surface area contributed by atoms with Gasteiger partial charge in [-0.05, 0) is 72.2 Å². The molecule has 2 N–H and O–H groups in total. The van der Waals surface area contributed by atoms with Crippen molar-refractivity contribution in [1.82, 2.24) is 0 Å². The van der Waals surface area contributed by atoms with Crippen molar-refractivity contribution in [3.05, 3.63) is 57.2 Å². The van der Waals surface area contributed by atoms with E-state index in [1.165, 1.54) is 5.56 Å². The van der Waals surface area contributed by atoms with E-state index in [9.17, 15) is 0 Å². The van der Waals surface area contributed by atoms with Gasteiger partial charge in [0.1, 0.15) is 11.5 Å². The Morgan fingerprint density at radius 2 is 1.89 bits per heavy atom. The fraction of sp³-hybridized carbons (Fsp3) is 0.250. The zero-order valence-electron chi connectivity index (χ0n) is 11.2. The molecule has 0 heterocycles. The Balaban J connectivity index is 2.26. The van der Waals surface area contributed by atoms with Crippen molar-refractivity contribution < 1.29 is 4.74 Å². The summed E-state index contributed by atoms with van der Waals surface area (Å²) in [5.74, 6) is 1.80. The molecule has 0 fully saturated rings. The molecule has 100 valence electrons. The minimum Gasteiger partial charge on any atom is -0.456 e. The van der Waals surface area contributed by atoms with E-state index in [1.807, 2.05) is 31.2 Å². The van der Waals surface area contributed by atoms with Crippen LogP contribution in [-0.4, -0.2) is 6.04 Å². The third-order valence-electron chi connectivity index (χ3n) is 2.87. The summed E-state index contributed by atoms with van der Waals surface area (Å²) < 4.78 is 7.12. The Labute approximate surface area is 128 Å². The molecule has 0 aliphatic carbocycles. The molecule has 0 spiro atoms. The van der Waals surface area contributed by atoms with Crippen molar-refractivity contribution >= 4 is 22.6 Å². The second-order valence-electron chi connectivity index (χ2n) is 4.81. The topological polar surface area (TPSA) is 35.2 Å². The first-order valence-electron chi connectivity index (χ1n) is 6.34. The number of benzene rings is 2. The molecule has 0 radical (unpaired) electrons. The molecule has 1 atom stereocenters. The standard InChI is InChI=1S/C16H18INO/c1-11-7-8-13(9-12(2)18)10-16(11)19-15-6-4-3-5-14(15)17/h3-8,10,12H,9,18H2,1-2H3. The molecule has 0 bridgehead atoms. The van der Waals surface area contributed by atoms with Gasteiger partial charge in [-0.2, -0.15) is 0 Å². The molecule has 0 aliphatic rings. The Morgan fingerprint density at radius 3 is 2.58 bits per heavy atom. The van der Waals surface area contributed by atoms with E-state index in [1.54, 1.807) is 0 Å². The van der Waals surface area contributed by atoms with Gasteiger partial charge in [0.2, 0.25) is 0 Å². The van der Waals surface area contributed by atoms with Crippen LogP contribution in [0, 0.1) is 10.5 Å². The second kappa shape index (κ2) is 6.39. The molecule has 2 nitrogen and oxygen atoms in total. The van der Waals surface area contributed by atoms with E-state index in [2.05, 4.69) is 47.7 Å². The smallest absolute Gasteiger partial charge is 0.140 e. The van der Waals surface area contributed by atoms with Gasteiger partial charge in [-0.15, -0.1) is 0 Å². The summed E-state index contributed by atoms with van der Waals surface area (Å²) in [6.45, 7) is 4.07. The number of hydrogen-bond donors (Lipinski definition) is 1. The summed E-state index contributed by atoms with van der Waals surface area (Å²) in [5.41, 5.74) is 8.19. The Kier molecular flexibility index (Phi) is 4.82. The number of rotatable bonds is 4. The maximum Gasteiger partial charge on any atom is 0.140 e. The zero-order chi connectivity index (χ0) is 13.8. The fourth-order valence-electron chi connectivity index (χ4n) is 1.90. The Morgan fingerprint density at radius 1 is 1.16 bits per heavy atom. The van der Waals surface area contributed by atoms with E-state index < -0.39 is 0 Å². The molecule has 0 saturated carbocycles. The molecular weight excluding hydrogens is 349 g/mol. The fourth-order valence-corrected chi connectivity index (χ4v) is 2.40. The van der Waals surface area contributed by atoms with Gasteiger partial charge in [0, 0.05) is 6.04 Å². The highest BCUT2D eigenvalue weighted by atomic mass is 127. The molecular formula is C16H18INO. The lowest BCUT2D eigenvalue weighted by Gasteiger charge is -2.13. The summed E-state index contributed by atoms with van der Waals surface area (Å²) in [4.78, 5) is 0. The van der Waals surface area contributed by atoms with E-state index >= 15 is 0 Å². The highest BCUT2D eigenvalue weighted by molar-refractivity contribution is 14.1. The van der Waals surface area contributed by atoms with E-state index in [4.69, 9.17) is 10.5 Å². The number of hydrogen-bond acceptors (Lipinski definition) is 2. The predicted octanol–water partition coefficient (Wildman–Crippen LogP) is 4.28. The van der Waals surface area contributed by atoms with Crippen LogP contribution in [-0.2, 0) is 6.42 Å². The van der Waals surface area contributed by atoms with Crippen molar-refractivity contribution in [1.29, 1.82) is 0 Å². The molecule has 19 heavy (non-hydrogen) atoms. The molecule has 0 aromatic heterocycles. The minimum absolute atomic E-state index is 0.160. The lowest BCUT2D eigenvalue weighted by atomic mass is 10.1. The van der Waals surface area contributed by atoms with Gasteiger partial charge in [0.25, 0.3) is 0 Å². The summed E-state index contributed by atoms with van der Waals surface area (Å²) in [6.07, 6.45) is 0.864. The molecule has 0 amide bonds. The van der Waals surface area contributed by atoms with Crippen molar-refractivity contribution in [2.45, 2.75) is 26.3 Å². The van der Waals surface area contributed by atoms with Crippen LogP contribution >= 0.6 is 22.6 Å². The lowest BCUT2D eigenvalue weighted by Crippen LogP contribution is -2.17. The van der Waals surface area contributed by atoms with Crippen LogP contribution < -0.4 is 10.5 Å². The highest BCUT2D eigenvalue weighted by Crippen LogP contribution is 2.29. The van der Waals surface area contributed by atoms with Crippen LogP contribution in [0.2, 0.25) is 0 Å². The average Bonchev–Trinajstić information content (AvgIpc) is 2.35. The monoisotopic (exact) mass is 367 g/mol. The van der Waals surface area contributed by atoms with Crippen molar-refractivity contribution in [3.63, 3.8) is 0 Å². The van der Waals surface area contributed by atoms with Gasteiger partial charge in [-0.25, -0.2) is 0 Å². The van der Waals surface area contributed by atoms with Gasteiger partial charge in [0.05, 0.1) is 3.57 Å². The number of halogens is 1. The first-order chi connectivity index (χ1) is 9.06. The second-order valence-corrected chi connectivity index (χ2v) is 5.98. The zero-order valence-corrected chi connectivity index (χ0v) is 13.3. The Hall–Kier alpha value is -1.07. The van der Waals surface area contributed by atoms with E-state index in [0.717, 1.165) is 27.1 Å². The molecule has 2 rings (SSSR count). The van der Waals surface area contributed by atoms with Gasteiger partial charge >= 0.3 is 0 Å². The molecule has 2 aromatic carbocycles. The molecule has 0 aliphatic heterocycles. The van der Waals surface area contributed by atoms with Crippen LogP contribution in [0.3, 0.4) is 0 Å². The third kappa shape index (κ3) is 3.94. The summed E-state index contributed by atoms with van der Waals surface area (Å²) >= 11 is 2.28. The first-order valence-corrected chi connectivity index (χ1v) is 7.41. The summed E-state index contributed by atoms with van der Waals surface area (Å²) in [6, 6.07) is 14.5. The molecule has 0 saturated heterocycles. The summed E-state index contributed by atoms with van der Waals surface area (Å²) in [7, 11) is 0. The van der Waals surface area contributed by atoms with Crippen LogP contribution in [0.4, 0.5) is 0 Å². The van der Waals surface area contributed by atoms with Gasteiger partial charge in [0.15, 0.2) is 0 Å². The molecule has 3 heteroatoms. The normalized spacial score (nSPS) is 12.2. The highest BCUT2D eigenvalue weighted by Gasteiger charge is 2.07. The van der Waals surface area contributed by atoms with Gasteiger partial charge < -0.3 is 10.5 Å². The minimum atomic E-state index is 0.160. The lowest BCUT2D eigenvalue weighted by molar-refractivity contribution is 0.474. The summed E-state index contributed by atoms with van der Waals surface area (Å²) in [5, 5.41) is 0. The maximum absolute atomic E-state index is 6.01. The number of aryl methyl sites for hydroxylation is 1. The Bertz CT molecular complexity index is 566. The van der Waals surface area contributed by atoms with Gasteiger partial charge in [-0.1, -0.05) is 24.3 Å². The van der Waals surface area contributed by atoms with Gasteiger partial charge in [-0.3, -0.25) is 0 Å². The van der Waals surface area contributed by atoms with E-state index in [-0.39, 0.29) is 6.04 Å². The molecule has 2 aromatic rings. The quantitative estimate of drug-likeness (QED) is 0.819. The number of nitrogens with two attached hydrogens (primary N) is 1. The first kappa shape index (κ1) is 14.3.